The third-order valence-electron chi connectivity index (χ3n) is 4.59. The second-order valence-corrected chi connectivity index (χ2v) is 9.37. The zero-order chi connectivity index (χ0) is 20.8. The molecule has 27 heavy (non-hydrogen) atoms. The van der Waals surface area contributed by atoms with Gasteiger partial charge >= 0.3 is 0 Å². The Kier molecular flexibility index (Phi) is 8.81. The molecule has 3 amide bonds. The quantitative estimate of drug-likeness (QED) is 0.158. The molecule has 0 aromatic carbocycles. The molecular weight excluding hydrogens is 366 g/mol. The fourth-order valence-electron chi connectivity index (χ4n) is 3.00. The Bertz CT molecular complexity index is 556. The number of nitrogens with one attached hydrogen (secondary N) is 3. The monoisotopic (exact) mass is 399 g/mol. The van der Waals surface area contributed by atoms with Gasteiger partial charge < -0.3 is 10.6 Å². The van der Waals surface area contributed by atoms with Gasteiger partial charge in [-0.1, -0.05) is 19.9 Å². The summed E-state index contributed by atoms with van der Waals surface area (Å²) in [6, 6.07) is -0.683. The van der Waals surface area contributed by atoms with Gasteiger partial charge in [0, 0.05) is 10.8 Å². The van der Waals surface area contributed by atoms with Crippen LogP contribution in [0.4, 0.5) is 0 Å². The molecule has 7 nitrogen and oxygen atoms in total. The third-order valence-corrected chi connectivity index (χ3v) is 4.85. The molecule has 0 aliphatic heterocycles. The van der Waals surface area contributed by atoms with Crippen LogP contribution in [-0.2, 0) is 14.4 Å². The Morgan fingerprint density at radius 2 is 1.78 bits per heavy atom. The number of carbonyl (C=O) groups excluding carboxylic acids is 3. The molecule has 0 heterocycles. The molecule has 0 radical (unpaired) electrons. The predicted molar refractivity (Wildman–Crippen MR) is 107 cm³/mol. The lowest BCUT2D eigenvalue weighted by Crippen LogP contribution is -2.58. The Morgan fingerprint density at radius 1 is 1.19 bits per heavy atom. The van der Waals surface area contributed by atoms with Gasteiger partial charge in [-0.25, -0.2) is 5.48 Å². The molecule has 0 saturated heterocycles. The number of rotatable bonds is 11. The van der Waals surface area contributed by atoms with E-state index < -0.39 is 34.4 Å². The summed E-state index contributed by atoms with van der Waals surface area (Å²) < 4.78 is -0.788. The molecule has 0 aromatic rings. The summed E-state index contributed by atoms with van der Waals surface area (Å²) in [7, 11) is 0. The van der Waals surface area contributed by atoms with E-state index in [2.05, 4.69) is 29.8 Å². The molecule has 154 valence electrons. The first-order valence-electron chi connectivity index (χ1n) is 9.39. The van der Waals surface area contributed by atoms with Crippen LogP contribution in [0.25, 0.3) is 0 Å². The minimum absolute atomic E-state index is 0.141. The van der Waals surface area contributed by atoms with E-state index in [1.165, 1.54) is 0 Å². The molecule has 1 aliphatic carbocycles. The largest absolute Gasteiger partial charge is 0.352 e. The van der Waals surface area contributed by atoms with Gasteiger partial charge in [0.1, 0.15) is 6.04 Å². The summed E-state index contributed by atoms with van der Waals surface area (Å²) in [4.78, 5) is 37.8. The molecule has 0 spiro atoms. The SMILES string of the molecule is C=CC[C@H](C(=O)NO)[C@@H](CC(C)C)C(=O)N[C@H](C(=O)NC1CC1)C(C)(C)S. The smallest absolute Gasteiger partial charge is 0.247 e. The van der Waals surface area contributed by atoms with Gasteiger partial charge in [-0.2, -0.15) is 12.6 Å². The van der Waals surface area contributed by atoms with Crippen molar-refractivity contribution in [3.05, 3.63) is 12.7 Å². The normalized spacial score (nSPS) is 17.6. The van der Waals surface area contributed by atoms with Gasteiger partial charge in [0.2, 0.25) is 17.7 Å². The van der Waals surface area contributed by atoms with Gasteiger partial charge in [0.25, 0.3) is 0 Å². The van der Waals surface area contributed by atoms with Crippen molar-refractivity contribution in [1.29, 1.82) is 0 Å². The maximum Gasteiger partial charge on any atom is 0.247 e. The van der Waals surface area contributed by atoms with E-state index in [0.717, 1.165) is 12.8 Å². The van der Waals surface area contributed by atoms with E-state index >= 15 is 0 Å². The van der Waals surface area contributed by atoms with E-state index in [-0.39, 0.29) is 24.3 Å². The van der Waals surface area contributed by atoms with E-state index in [4.69, 9.17) is 5.21 Å². The average molecular weight is 400 g/mol. The fraction of sp³-hybridized carbons (Fsp3) is 0.737. The first-order valence-corrected chi connectivity index (χ1v) is 9.83. The number of carbonyl (C=O) groups is 3. The maximum absolute atomic E-state index is 13.1. The molecule has 1 rings (SSSR count). The number of hydroxylamine groups is 1. The Morgan fingerprint density at radius 3 is 2.19 bits per heavy atom. The van der Waals surface area contributed by atoms with Crippen molar-refractivity contribution in [2.45, 2.75) is 70.2 Å². The lowest BCUT2D eigenvalue weighted by atomic mass is 9.81. The van der Waals surface area contributed by atoms with Crippen LogP contribution >= 0.6 is 12.6 Å². The number of hydrogen-bond acceptors (Lipinski definition) is 5. The van der Waals surface area contributed by atoms with Crippen LogP contribution in [0.2, 0.25) is 0 Å². The molecule has 3 atom stereocenters. The second kappa shape index (κ2) is 10.1. The van der Waals surface area contributed by atoms with Gasteiger partial charge in [-0.3, -0.25) is 19.6 Å². The van der Waals surface area contributed by atoms with Crippen LogP contribution in [0.1, 0.15) is 53.4 Å². The van der Waals surface area contributed by atoms with Gasteiger partial charge in [-0.15, -0.1) is 6.58 Å². The van der Waals surface area contributed by atoms with E-state index in [1.807, 2.05) is 13.8 Å². The summed E-state index contributed by atoms with van der Waals surface area (Å²) in [5, 5.41) is 14.7. The molecular formula is C19H33N3O4S. The molecule has 8 heteroatoms. The van der Waals surface area contributed by atoms with Crippen molar-refractivity contribution < 1.29 is 19.6 Å². The first kappa shape index (κ1) is 23.5. The number of allylic oxidation sites excluding steroid dienone is 1. The lowest BCUT2D eigenvalue weighted by molar-refractivity contribution is -0.141. The van der Waals surface area contributed by atoms with Crippen LogP contribution in [0.3, 0.4) is 0 Å². The number of hydrogen-bond donors (Lipinski definition) is 5. The van der Waals surface area contributed by atoms with Crippen molar-refractivity contribution in [3.63, 3.8) is 0 Å². The van der Waals surface area contributed by atoms with Crippen molar-refractivity contribution in [3.8, 4) is 0 Å². The minimum atomic E-state index is -0.842. The van der Waals surface area contributed by atoms with Gasteiger partial charge in [-0.05, 0) is 45.4 Å². The Balaban J connectivity index is 3.04. The first-order chi connectivity index (χ1) is 12.5. The van der Waals surface area contributed by atoms with Crippen molar-refractivity contribution >= 4 is 30.4 Å². The molecule has 0 aromatic heterocycles. The van der Waals surface area contributed by atoms with Crippen molar-refractivity contribution in [2.75, 3.05) is 0 Å². The summed E-state index contributed by atoms with van der Waals surface area (Å²) in [5.74, 6) is -2.66. The molecule has 1 saturated carbocycles. The van der Waals surface area contributed by atoms with E-state index in [9.17, 15) is 14.4 Å². The lowest BCUT2D eigenvalue weighted by Gasteiger charge is -2.33. The fourth-order valence-corrected chi connectivity index (χ4v) is 3.18. The number of thiol groups is 1. The molecule has 4 N–H and O–H groups in total. The van der Waals surface area contributed by atoms with Crippen LogP contribution in [-0.4, -0.2) is 39.8 Å². The highest BCUT2D eigenvalue weighted by atomic mass is 32.1. The van der Waals surface area contributed by atoms with Crippen molar-refractivity contribution in [1.82, 2.24) is 16.1 Å². The third kappa shape index (κ3) is 7.54. The van der Waals surface area contributed by atoms with E-state index in [0.29, 0.717) is 6.42 Å². The highest BCUT2D eigenvalue weighted by molar-refractivity contribution is 7.81. The molecule has 1 fully saturated rings. The van der Waals surface area contributed by atoms with Crippen LogP contribution in [0, 0.1) is 17.8 Å². The average Bonchev–Trinajstić information content (AvgIpc) is 3.37. The molecule has 1 aliphatic rings. The minimum Gasteiger partial charge on any atom is -0.352 e. The van der Waals surface area contributed by atoms with Gasteiger partial charge in [0.05, 0.1) is 11.8 Å². The molecule has 0 unspecified atom stereocenters. The van der Waals surface area contributed by atoms with Crippen LogP contribution < -0.4 is 16.1 Å². The Hall–Kier alpha value is -1.54. The summed E-state index contributed by atoms with van der Waals surface area (Å²) in [5.41, 5.74) is 1.64. The number of amides is 3. The topological polar surface area (TPSA) is 108 Å². The second-order valence-electron chi connectivity index (χ2n) is 8.22. The van der Waals surface area contributed by atoms with Gasteiger partial charge in [0.15, 0.2) is 0 Å². The Labute approximate surface area is 167 Å². The summed E-state index contributed by atoms with van der Waals surface area (Å²) in [6.07, 6.45) is 4.09. The van der Waals surface area contributed by atoms with Crippen molar-refractivity contribution in [2.24, 2.45) is 17.8 Å². The van der Waals surface area contributed by atoms with Crippen LogP contribution in [0.5, 0.6) is 0 Å². The van der Waals surface area contributed by atoms with E-state index in [1.54, 1.807) is 25.4 Å². The standard InChI is InChI=1S/C19H33N3O4S/c1-6-7-13(17(24)22-26)14(10-11(2)3)16(23)21-15(19(4,5)27)18(25)20-12-8-9-12/h6,11-15,26-27H,1,7-10H2,2-5H3,(H,20,25)(H,21,23)(H,22,24)/t13-,14+,15+/m0/s1. The zero-order valence-corrected chi connectivity index (χ0v) is 17.5. The summed E-state index contributed by atoms with van der Waals surface area (Å²) in [6.45, 7) is 11.0. The predicted octanol–water partition coefficient (Wildman–Crippen LogP) is 1.82. The highest BCUT2D eigenvalue weighted by Gasteiger charge is 2.40. The highest BCUT2D eigenvalue weighted by Crippen LogP contribution is 2.27. The maximum atomic E-state index is 13.1. The summed E-state index contributed by atoms with van der Waals surface area (Å²) >= 11 is 4.49. The zero-order valence-electron chi connectivity index (χ0n) is 16.6. The van der Waals surface area contributed by atoms with Crippen LogP contribution in [0.15, 0.2) is 12.7 Å². The molecule has 0 bridgehead atoms.